The van der Waals surface area contributed by atoms with Crippen molar-refractivity contribution in [3.63, 3.8) is 0 Å². The van der Waals surface area contributed by atoms with Gasteiger partial charge in [0.25, 0.3) is 0 Å². The molecule has 0 radical (unpaired) electrons. The molecule has 270 valence electrons. The summed E-state index contributed by atoms with van der Waals surface area (Å²) in [4.78, 5) is 5.53. The van der Waals surface area contributed by atoms with Gasteiger partial charge in [0.05, 0.1) is 24.4 Å². The predicted molar refractivity (Wildman–Crippen MR) is 180 cm³/mol. The lowest BCUT2D eigenvalue weighted by atomic mass is 9.43. The highest BCUT2D eigenvalue weighted by atomic mass is 17.1. The Kier molecular flexibility index (Phi) is 9.73. The van der Waals surface area contributed by atoms with Gasteiger partial charge in [0.2, 0.25) is 0 Å². The van der Waals surface area contributed by atoms with Gasteiger partial charge in [0, 0.05) is 11.8 Å². The number of fused-ring (bicyclic) bond motifs is 5. The normalized spacial score (nSPS) is 56.4. The van der Waals surface area contributed by atoms with Crippen LogP contribution in [0.3, 0.4) is 0 Å². The van der Waals surface area contributed by atoms with Crippen molar-refractivity contribution in [3.05, 3.63) is 0 Å². The Balaban J connectivity index is 1.06. The summed E-state index contributed by atoms with van der Waals surface area (Å²) in [5.74, 6) is 3.14. The van der Waals surface area contributed by atoms with Gasteiger partial charge in [-0.15, -0.1) is 0 Å². The zero-order chi connectivity index (χ0) is 33.5. The second-order valence-corrected chi connectivity index (χ2v) is 18.5. The van der Waals surface area contributed by atoms with Gasteiger partial charge in [-0.25, -0.2) is 4.89 Å². The van der Waals surface area contributed by atoms with Crippen LogP contribution in [-0.4, -0.2) is 64.6 Å². The molecule has 7 fully saturated rings. The average molecular weight is 662 g/mol. The van der Waals surface area contributed by atoms with E-state index in [1.54, 1.807) is 0 Å². The first kappa shape index (κ1) is 35.1. The van der Waals surface area contributed by atoms with Crippen molar-refractivity contribution in [2.75, 3.05) is 6.54 Å². The first-order chi connectivity index (χ1) is 22.4. The third kappa shape index (κ3) is 5.35. The molecule has 19 atom stereocenters. The largest absolute Gasteiger partial charge is 0.393 e. The summed E-state index contributed by atoms with van der Waals surface area (Å²) in [6, 6.07) is 0. The molecule has 0 bridgehead atoms. The van der Waals surface area contributed by atoms with Crippen LogP contribution in [0.15, 0.2) is 0 Å². The second kappa shape index (κ2) is 13.0. The van der Waals surface area contributed by atoms with Crippen LogP contribution in [0.1, 0.15) is 125 Å². The van der Waals surface area contributed by atoms with Gasteiger partial charge in [0.15, 0.2) is 18.2 Å². The second-order valence-electron chi connectivity index (χ2n) is 18.5. The van der Waals surface area contributed by atoms with Crippen molar-refractivity contribution in [1.82, 2.24) is 0 Å². The molecule has 7 aliphatic rings. The van der Waals surface area contributed by atoms with Gasteiger partial charge in [-0.3, -0.25) is 5.26 Å². The van der Waals surface area contributed by atoms with Crippen molar-refractivity contribution in [3.8, 4) is 0 Å². The number of hydrogen-bond donors (Lipinski definition) is 4. The van der Waals surface area contributed by atoms with E-state index in [9.17, 15) is 15.5 Å². The summed E-state index contributed by atoms with van der Waals surface area (Å²) in [7, 11) is 0. The molecule has 8 nitrogen and oxygen atoms in total. The van der Waals surface area contributed by atoms with E-state index in [0.717, 1.165) is 90.0 Å². The molecule has 1 unspecified atom stereocenters. The number of ether oxygens (including phenoxy) is 3. The van der Waals surface area contributed by atoms with Crippen LogP contribution < -0.4 is 5.73 Å². The van der Waals surface area contributed by atoms with Crippen molar-refractivity contribution in [2.45, 2.75) is 168 Å². The average Bonchev–Trinajstić information content (AvgIpc) is 3.32. The van der Waals surface area contributed by atoms with E-state index >= 15 is 0 Å². The number of rotatable bonds is 7. The number of aliphatic hydroxyl groups is 2. The van der Waals surface area contributed by atoms with Crippen molar-refractivity contribution >= 4 is 0 Å². The minimum absolute atomic E-state index is 0.0311. The Labute approximate surface area is 284 Å². The third-order valence-corrected chi connectivity index (χ3v) is 16.6. The smallest absolute Gasteiger partial charge is 0.193 e. The van der Waals surface area contributed by atoms with E-state index < -0.39 is 18.2 Å². The van der Waals surface area contributed by atoms with Gasteiger partial charge in [-0.2, -0.15) is 0 Å². The standard InChI is InChI=1S/C39H67NO7/c1-21(8-7-17-40)27-13-14-30-34-31(20-33(42)38(27,30)6)37(5)16-15-26(18-25(37)19-32(34)41)45-35-24(4)29-11-9-22(2)28-12-10-23(3)44-36(46-35)39(28,29)47-43/h21-36,41-43H,7-20,40H2,1-6H3/t21-,22-,23+,24-,25+,26-,27-,28+,29+,30+,31+,32-,33+,34+,35+,36?,37+,38-,39-/m1/s1. The highest BCUT2D eigenvalue weighted by Gasteiger charge is 2.67. The monoisotopic (exact) mass is 661 g/mol. The summed E-state index contributed by atoms with van der Waals surface area (Å²) in [5.41, 5.74) is 4.97. The quantitative estimate of drug-likeness (QED) is 0.134. The van der Waals surface area contributed by atoms with Crippen LogP contribution in [0, 0.1) is 70.0 Å². The zero-order valence-corrected chi connectivity index (χ0v) is 30.2. The molecular weight excluding hydrogens is 594 g/mol. The fourth-order valence-corrected chi connectivity index (χ4v) is 13.9. The molecule has 47 heavy (non-hydrogen) atoms. The van der Waals surface area contributed by atoms with Crippen molar-refractivity contribution in [2.24, 2.45) is 75.7 Å². The lowest BCUT2D eigenvalue weighted by molar-refractivity contribution is -0.462. The molecule has 5 aliphatic carbocycles. The van der Waals surface area contributed by atoms with Crippen LogP contribution >= 0.6 is 0 Å². The van der Waals surface area contributed by atoms with Crippen LogP contribution in [-0.2, 0) is 19.1 Å². The SMILES string of the molecule is C[C@H]1[C@@H](O[C@@H]2CC[C@@]3(C)[C@@H](C2)C[C@@H](O)[C@@H]2[C@@H]3C[C@H](O)[C@]3(C)[C@@H]([C@H](C)CCCN)CC[C@@H]23)OC2O[C@@H](C)CC[C@H]3[C@H](C)CC[C@@H]1[C@@]23OO. The molecular formula is C39H67NO7. The van der Waals surface area contributed by atoms with Crippen LogP contribution in [0.2, 0.25) is 0 Å². The summed E-state index contributed by atoms with van der Waals surface area (Å²) in [6.07, 6.45) is 11.3. The van der Waals surface area contributed by atoms with Crippen LogP contribution in [0.25, 0.3) is 0 Å². The Hall–Kier alpha value is -0.320. The Morgan fingerprint density at radius 2 is 1.62 bits per heavy atom. The summed E-state index contributed by atoms with van der Waals surface area (Å²) in [6.45, 7) is 14.5. The molecule has 2 saturated heterocycles. The molecule has 0 amide bonds. The predicted octanol–water partition coefficient (Wildman–Crippen LogP) is 6.76. The number of hydrogen-bond acceptors (Lipinski definition) is 8. The molecule has 2 aliphatic heterocycles. The number of aliphatic hydroxyl groups excluding tert-OH is 2. The molecule has 0 aromatic heterocycles. The topological polar surface area (TPSA) is 124 Å². The molecule has 5 N–H and O–H groups in total. The Morgan fingerprint density at radius 3 is 2.36 bits per heavy atom. The van der Waals surface area contributed by atoms with Gasteiger partial charge in [0.1, 0.15) is 0 Å². The van der Waals surface area contributed by atoms with Crippen LogP contribution in [0.5, 0.6) is 0 Å². The molecule has 0 aromatic carbocycles. The lowest BCUT2D eigenvalue weighted by Gasteiger charge is -2.64. The van der Waals surface area contributed by atoms with E-state index in [0.29, 0.717) is 35.5 Å². The maximum atomic E-state index is 12.0. The molecule has 7 rings (SSSR count). The first-order valence-electron chi connectivity index (χ1n) is 19.7. The maximum absolute atomic E-state index is 12.0. The van der Waals surface area contributed by atoms with Gasteiger partial charge in [-0.1, -0.05) is 34.6 Å². The Morgan fingerprint density at radius 1 is 0.872 bits per heavy atom. The molecule has 5 saturated carbocycles. The van der Waals surface area contributed by atoms with E-state index in [1.165, 1.54) is 0 Å². The summed E-state index contributed by atoms with van der Waals surface area (Å²) in [5, 5.41) is 34.5. The van der Waals surface area contributed by atoms with Gasteiger partial charge < -0.3 is 30.2 Å². The fourth-order valence-electron chi connectivity index (χ4n) is 13.9. The number of nitrogens with two attached hydrogens (primary N) is 1. The van der Waals surface area contributed by atoms with Gasteiger partial charge in [-0.05, 0) is 155 Å². The first-order valence-corrected chi connectivity index (χ1v) is 19.7. The van der Waals surface area contributed by atoms with Gasteiger partial charge >= 0.3 is 0 Å². The molecule has 0 spiro atoms. The Bertz CT molecular complexity index is 1110. The van der Waals surface area contributed by atoms with E-state index in [4.69, 9.17) is 24.8 Å². The van der Waals surface area contributed by atoms with E-state index in [-0.39, 0.29) is 58.9 Å². The van der Waals surface area contributed by atoms with E-state index in [2.05, 4.69) is 41.5 Å². The zero-order valence-electron chi connectivity index (χ0n) is 30.2. The lowest BCUT2D eigenvalue weighted by Crippen LogP contribution is -2.68. The van der Waals surface area contributed by atoms with Crippen molar-refractivity contribution < 1.29 is 34.6 Å². The third-order valence-electron chi connectivity index (χ3n) is 16.6. The molecule has 0 aromatic rings. The fraction of sp³-hybridized carbons (Fsp3) is 1.00. The highest BCUT2D eigenvalue weighted by molar-refractivity contribution is 5.15. The van der Waals surface area contributed by atoms with E-state index in [1.807, 2.05) is 0 Å². The van der Waals surface area contributed by atoms with Crippen molar-refractivity contribution in [1.29, 1.82) is 0 Å². The maximum Gasteiger partial charge on any atom is 0.193 e. The molecule has 8 heteroatoms. The highest BCUT2D eigenvalue weighted by Crippen LogP contribution is 2.69. The minimum atomic E-state index is -0.854. The minimum Gasteiger partial charge on any atom is -0.393 e. The van der Waals surface area contributed by atoms with Crippen LogP contribution in [0.4, 0.5) is 0 Å². The summed E-state index contributed by atoms with van der Waals surface area (Å²) >= 11 is 0. The molecule has 2 heterocycles. The summed E-state index contributed by atoms with van der Waals surface area (Å²) < 4.78 is 20.1.